The van der Waals surface area contributed by atoms with Crippen molar-refractivity contribution in [1.29, 1.82) is 0 Å². The van der Waals surface area contributed by atoms with Gasteiger partial charge in [-0.2, -0.15) is 0 Å². The second-order valence-corrected chi connectivity index (χ2v) is 6.68. The van der Waals surface area contributed by atoms with Gasteiger partial charge in [-0.15, -0.1) is 0 Å². The minimum absolute atomic E-state index is 0.582. The minimum Gasteiger partial charge on any atom is -0.489 e. The maximum absolute atomic E-state index is 6.17. The molecule has 3 rings (SSSR count). The smallest absolute Gasteiger partial charge is 0.124 e. The fourth-order valence-corrected chi connectivity index (χ4v) is 3.32. The van der Waals surface area contributed by atoms with Crippen LogP contribution in [0.25, 0.3) is 0 Å². The summed E-state index contributed by atoms with van der Waals surface area (Å²) in [6.45, 7) is 1.40. The SMILES string of the molecule is Clc1ccc(OCc2ccccc2)c(CNC2CCCCC2)c1. The van der Waals surface area contributed by atoms with Crippen molar-refractivity contribution < 1.29 is 4.74 Å². The summed E-state index contributed by atoms with van der Waals surface area (Å²) >= 11 is 6.17. The van der Waals surface area contributed by atoms with Gasteiger partial charge >= 0.3 is 0 Å². The average molecular weight is 330 g/mol. The second kappa shape index (κ2) is 8.37. The largest absolute Gasteiger partial charge is 0.489 e. The highest BCUT2D eigenvalue weighted by atomic mass is 35.5. The van der Waals surface area contributed by atoms with Crippen molar-refractivity contribution in [2.45, 2.75) is 51.3 Å². The molecule has 2 aromatic rings. The van der Waals surface area contributed by atoms with E-state index < -0.39 is 0 Å². The number of ether oxygens (including phenoxy) is 1. The second-order valence-electron chi connectivity index (χ2n) is 6.24. The molecule has 0 aromatic heterocycles. The molecule has 1 fully saturated rings. The standard InChI is InChI=1S/C20H24ClNO/c21-18-11-12-20(23-15-16-7-3-1-4-8-16)17(13-18)14-22-19-9-5-2-6-10-19/h1,3-4,7-8,11-13,19,22H,2,5-6,9-10,14-15H2. The normalized spacial score (nSPS) is 15.5. The van der Waals surface area contributed by atoms with Gasteiger partial charge < -0.3 is 10.1 Å². The zero-order valence-electron chi connectivity index (χ0n) is 13.4. The Morgan fingerprint density at radius 2 is 1.78 bits per heavy atom. The van der Waals surface area contributed by atoms with Crippen LogP contribution in [0, 0.1) is 0 Å². The van der Waals surface area contributed by atoms with Crippen LogP contribution in [0.2, 0.25) is 5.02 Å². The molecular formula is C20H24ClNO. The summed E-state index contributed by atoms with van der Waals surface area (Å²) in [5.41, 5.74) is 2.31. The van der Waals surface area contributed by atoms with Gasteiger partial charge in [0, 0.05) is 23.2 Å². The van der Waals surface area contributed by atoms with Gasteiger partial charge in [0.15, 0.2) is 0 Å². The lowest BCUT2D eigenvalue weighted by atomic mass is 9.95. The number of halogens is 1. The van der Waals surface area contributed by atoms with E-state index >= 15 is 0 Å². The van der Waals surface area contributed by atoms with Crippen LogP contribution in [0.1, 0.15) is 43.2 Å². The third kappa shape index (κ3) is 4.98. The summed E-state index contributed by atoms with van der Waals surface area (Å²) in [5.74, 6) is 0.918. The fourth-order valence-electron chi connectivity index (χ4n) is 3.12. The van der Waals surface area contributed by atoms with Crippen molar-refractivity contribution in [2.75, 3.05) is 0 Å². The summed E-state index contributed by atoms with van der Waals surface area (Å²) in [5, 5.41) is 4.43. The maximum Gasteiger partial charge on any atom is 0.124 e. The Kier molecular flexibility index (Phi) is 5.95. The molecule has 0 bridgehead atoms. The van der Waals surface area contributed by atoms with Gasteiger partial charge in [0.25, 0.3) is 0 Å². The molecule has 2 aromatic carbocycles. The van der Waals surface area contributed by atoms with Gasteiger partial charge in [-0.3, -0.25) is 0 Å². The van der Waals surface area contributed by atoms with Crippen LogP contribution < -0.4 is 10.1 Å². The van der Waals surface area contributed by atoms with Gasteiger partial charge in [-0.25, -0.2) is 0 Å². The first-order chi connectivity index (χ1) is 11.3. The third-order valence-electron chi connectivity index (χ3n) is 4.45. The molecule has 0 heterocycles. The summed E-state index contributed by atoms with van der Waals surface area (Å²) in [6.07, 6.45) is 6.61. The molecule has 0 atom stereocenters. The van der Waals surface area contributed by atoms with E-state index in [1.807, 2.05) is 36.4 Å². The molecule has 1 aliphatic carbocycles. The van der Waals surface area contributed by atoms with Gasteiger partial charge in [0.1, 0.15) is 12.4 Å². The van der Waals surface area contributed by atoms with E-state index in [1.54, 1.807) is 0 Å². The minimum atomic E-state index is 0.582. The maximum atomic E-state index is 6.17. The van der Waals surface area contributed by atoms with Crippen molar-refractivity contribution in [3.63, 3.8) is 0 Å². The summed E-state index contributed by atoms with van der Waals surface area (Å²) < 4.78 is 6.02. The highest BCUT2D eigenvalue weighted by molar-refractivity contribution is 6.30. The fraction of sp³-hybridized carbons (Fsp3) is 0.400. The van der Waals surface area contributed by atoms with Crippen LogP contribution in [0.5, 0.6) is 5.75 Å². The topological polar surface area (TPSA) is 21.3 Å². The molecule has 122 valence electrons. The van der Waals surface area contributed by atoms with E-state index in [4.69, 9.17) is 16.3 Å². The molecule has 1 aliphatic rings. The van der Waals surface area contributed by atoms with Gasteiger partial charge in [0.05, 0.1) is 0 Å². The quantitative estimate of drug-likeness (QED) is 0.772. The van der Waals surface area contributed by atoms with Crippen molar-refractivity contribution in [3.8, 4) is 5.75 Å². The Morgan fingerprint density at radius 1 is 1.00 bits per heavy atom. The van der Waals surface area contributed by atoms with Crippen molar-refractivity contribution in [3.05, 3.63) is 64.7 Å². The highest BCUT2D eigenvalue weighted by Crippen LogP contribution is 2.25. The lowest BCUT2D eigenvalue weighted by molar-refractivity contribution is 0.300. The van der Waals surface area contributed by atoms with Crippen LogP contribution in [0.3, 0.4) is 0 Å². The Hall–Kier alpha value is -1.51. The number of rotatable bonds is 6. The molecule has 0 amide bonds. The molecule has 0 saturated heterocycles. The van der Waals surface area contributed by atoms with Gasteiger partial charge in [0.2, 0.25) is 0 Å². The predicted octanol–water partition coefficient (Wildman–Crippen LogP) is 5.34. The number of benzene rings is 2. The molecular weight excluding hydrogens is 306 g/mol. The summed E-state index contributed by atoms with van der Waals surface area (Å²) in [6, 6.07) is 16.8. The molecule has 0 radical (unpaired) electrons. The first kappa shape index (κ1) is 16.4. The van der Waals surface area contributed by atoms with E-state index in [0.717, 1.165) is 22.9 Å². The summed E-state index contributed by atoms with van der Waals surface area (Å²) in [7, 11) is 0. The molecule has 2 nitrogen and oxygen atoms in total. The number of hydrogen-bond acceptors (Lipinski definition) is 2. The van der Waals surface area contributed by atoms with Crippen molar-refractivity contribution in [2.24, 2.45) is 0 Å². The molecule has 1 saturated carbocycles. The Balaban J connectivity index is 1.62. The number of nitrogens with one attached hydrogen (secondary N) is 1. The average Bonchev–Trinajstić information content (AvgIpc) is 2.61. The van der Waals surface area contributed by atoms with Crippen LogP contribution in [0.4, 0.5) is 0 Å². The van der Waals surface area contributed by atoms with Gasteiger partial charge in [-0.05, 0) is 36.6 Å². The van der Waals surface area contributed by atoms with Crippen molar-refractivity contribution >= 4 is 11.6 Å². The number of hydrogen-bond donors (Lipinski definition) is 1. The van der Waals surface area contributed by atoms with E-state index in [0.29, 0.717) is 12.6 Å². The molecule has 0 aliphatic heterocycles. The van der Waals surface area contributed by atoms with Crippen LogP contribution >= 0.6 is 11.6 Å². The van der Waals surface area contributed by atoms with E-state index in [-0.39, 0.29) is 0 Å². The molecule has 0 spiro atoms. The third-order valence-corrected chi connectivity index (χ3v) is 4.68. The lowest BCUT2D eigenvalue weighted by Gasteiger charge is -2.23. The van der Waals surface area contributed by atoms with Crippen molar-refractivity contribution in [1.82, 2.24) is 5.32 Å². The predicted molar refractivity (Wildman–Crippen MR) is 95.9 cm³/mol. The van der Waals surface area contributed by atoms with Crippen LogP contribution in [-0.2, 0) is 13.2 Å². The molecule has 0 unspecified atom stereocenters. The first-order valence-corrected chi connectivity index (χ1v) is 8.87. The molecule has 1 N–H and O–H groups in total. The Bertz CT molecular complexity index is 608. The van der Waals surface area contributed by atoms with E-state index in [2.05, 4.69) is 17.4 Å². The van der Waals surface area contributed by atoms with Crippen LogP contribution in [-0.4, -0.2) is 6.04 Å². The molecule has 3 heteroatoms. The monoisotopic (exact) mass is 329 g/mol. The first-order valence-electron chi connectivity index (χ1n) is 8.50. The van der Waals surface area contributed by atoms with Crippen LogP contribution in [0.15, 0.2) is 48.5 Å². The van der Waals surface area contributed by atoms with E-state index in [1.165, 1.54) is 37.7 Å². The zero-order chi connectivity index (χ0) is 15.9. The lowest BCUT2D eigenvalue weighted by Crippen LogP contribution is -2.30. The zero-order valence-corrected chi connectivity index (χ0v) is 14.2. The Morgan fingerprint density at radius 3 is 2.57 bits per heavy atom. The Labute approximate surface area is 143 Å². The van der Waals surface area contributed by atoms with Gasteiger partial charge in [-0.1, -0.05) is 61.2 Å². The summed E-state index contributed by atoms with van der Waals surface area (Å²) in [4.78, 5) is 0. The van der Waals surface area contributed by atoms with E-state index in [9.17, 15) is 0 Å². The highest BCUT2D eigenvalue weighted by Gasteiger charge is 2.14. The molecule has 23 heavy (non-hydrogen) atoms.